The number of benzene rings is 2. The molecule has 1 N–H and O–H groups in total. The lowest BCUT2D eigenvalue weighted by Gasteiger charge is -2.15. The molecule has 0 radical (unpaired) electrons. The Labute approximate surface area is 160 Å². The van der Waals surface area contributed by atoms with Crippen LogP contribution in [0.4, 0.5) is 5.69 Å². The summed E-state index contributed by atoms with van der Waals surface area (Å²) in [5.74, 6) is -0.967. The first kappa shape index (κ1) is 18.2. The fourth-order valence-corrected chi connectivity index (χ4v) is 3.32. The standard InChI is InChI=1S/C20H16ClNO3S/c1-13(25-20(24)17-11-12-18(21)26-17)19(23)22-16-10-6-5-9-15(16)14-7-3-2-4-8-14/h2-13H,1H3,(H,22,23). The number of carbonyl (C=O) groups is 2. The highest BCUT2D eigenvalue weighted by Crippen LogP contribution is 2.28. The normalized spacial score (nSPS) is 11.6. The number of hydrogen-bond acceptors (Lipinski definition) is 4. The van der Waals surface area contributed by atoms with Crippen molar-refractivity contribution in [1.29, 1.82) is 0 Å². The molecule has 132 valence electrons. The number of esters is 1. The first-order chi connectivity index (χ1) is 12.5. The van der Waals surface area contributed by atoms with Crippen molar-refractivity contribution in [2.24, 2.45) is 0 Å². The summed E-state index contributed by atoms with van der Waals surface area (Å²) < 4.78 is 5.72. The van der Waals surface area contributed by atoms with Gasteiger partial charge in [0.25, 0.3) is 5.91 Å². The number of thiophene rings is 1. The predicted molar refractivity (Wildman–Crippen MR) is 105 cm³/mol. The minimum absolute atomic E-state index is 0.360. The minimum Gasteiger partial charge on any atom is -0.448 e. The van der Waals surface area contributed by atoms with Gasteiger partial charge in [-0.2, -0.15) is 0 Å². The van der Waals surface area contributed by atoms with E-state index in [0.717, 1.165) is 22.5 Å². The average molecular weight is 386 g/mol. The largest absolute Gasteiger partial charge is 0.448 e. The van der Waals surface area contributed by atoms with Gasteiger partial charge in [-0.3, -0.25) is 4.79 Å². The van der Waals surface area contributed by atoms with Crippen molar-refractivity contribution < 1.29 is 14.3 Å². The van der Waals surface area contributed by atoms with Crippen LogP contribution in [0.25, 0.3) is 11.1 Å². The highest BCUT2D eigenvalue weighted by Gasteiger charge is 2.21. The van der Waals surface area contributed by atoms with Crippen LogP contribution in [0.5, 0.6) is 0 Å². The van der Waals surface area contributed by atoms with E-state index in [1.165, 1.54) is 6.92 Å². The molecule has 0 saturated carbocycles. The number of nitrogens with one attached hydrogen (secondary N) is 1. The molecule has 6 heteroatoms. The van der Waals surface area contributed by atoms with Gasteiger partial charge in [-0.05, 0) is 30.7 Å². The van der Waals surface area contributed by atoms with E-state index in [1.807, 2.05) is 54.6 Å². The van der Waals surface area contributed by atoms with Gasteiger partial charge < -0.3 is 10.1 Å². The lowest BCUT2D eigenvalue weighted by molar-refractivity contribution is -0.123. The number of rotatable bonds is 5. The van der Waals surface area contributed by atoms with Gasteiger partial charge in [0.05, 0.1) is 4.34 Å². The molecule has 0 saturated heterocycles. The molecule has 1 heterocycles. The van der Waals surface area contributed by atoms with Crippen molar-refractivity contribution in [3.05, 3.63) is 75.9 Å². The first-order valence-corrected chi connectivity index (χ1v) is 9.15. The Morgan fingerprint density at radius 2 is 1.69 bits per heavy atom. The zero-order valence-corrected chi connectivity index (χ0v) is 15.5. The molecular formula is C20H16ClNO3S. The molecule has 1 unspecified atom stereocenters. The van der Waals surface area contributed by atoms with Crippen LogP contribution in [-0.2, 0) is 9.53 Å². The first-order valence-electron chi connectivity index (χ1n) is 7.96. The molecule has 1 aromatic heterocycles. The number of para-hydroxylation sites is 1. The predicted octanol–water partition coefficient (Wildman–Crippen LogP) is 5.25. The van der Waals surface area contributed by atoms with E-state index >= 15 is 0 Å². The second kappa shape index (κ2) is 8.17. The van der Waals surface area contributed by atoms with Crippen molar-refractivity contribution in [2.45, 2.75) is 13.0 Å². The molecule has 2 aromatic carbocycles. The van der Waals surface area contributed by atoms with Crippen molar-refractivity contribution in [3.63, 3.8) is 0 Å². The van der Waals surface area contributed by atoms with Crippen LogP contribution >= 0.6 is 22.9 Å². The lowest BCUT2D eigenvalue weighted by atomic mass is 10.0. The molecule has 4 nitrogen and oxygen atoms in total. The average Bonchev–Trinajstić information content (AvgIpc) is 3.09. The number of amides is 1. The van der Waals surface area contributed by atoms with E-state index in [9.17, 15) is 9.59 Å². The van der Waals surface area contributed by atoms with Crippen LogP contribution in [0, 0.1) is 0 Å². The molecule has 1 amide bonds. The summed E-state index contributed by atoms with van der Waals surface area (Å²) in [4.78, 5) is 24.9. The summed E-state index contributed by atoms with van der Waals surface area (Å²) in [6, 6.07) is 20.4. The zero-order valence-electron chi connectivity index (χ0n) is 13.9. The number of ether oxygens (including phenoxy) is 1. The van der Waals surface area contributed by atoms with Gasteiger partial charge in [0.15, 0.2) is 6.10 Å². The Kier molecular flexibility index (Phi) is 5.71. The van der Waals surface area contributed by atoms with E-state index in [0.29, 0.717) is 14.9 Å². The van der Waals surface area contributed by atoms with Crippen LogP contribution < -0.4 is 5.32 Å². The number of anilines is 1. The Morgan fingerprint density at radius 3 is 2.38 bits per heavy atom. The molecule has 0 aliphatic heterocycles. The Balaban J connectivity index is 1.71. The summed E-state index contributed by atoms with van der Waals surface area (Å²) in [5.41, 5.74) is 2.54. The van der Waals surface area contributed by atoms with Crippen LogP contribution in [0.2, 0.25) is 4.34 Å². The summed E-state index contributed by atoms with van der Waals surface area (Å²) in [6.45, 7) is 1.54. The van der Waals surface area contributed by atoms with Crippen LogP contribution in [0.15, 0.2) is 66.7 Å². The summed E-state index contributed by atoms with van der Waals surface area (Å²) in [6.07, 6.45) is -0.938. The van der Waals surface area contributed by atoms with Gasteiger partial charge in [0.2, 0.25) is 0 Å². The summed E-state index contributed by atoms with van der Waals surface area (Å²) in [5, 5.41) is 2.83. The molecular weight excluding hydrogens is 370 g/mol. The second-order valence-corrected chi connectivity index (χ2v) is 7.27. The lowest BCUT2D eigenvalue weighted by Crippen LogP contribution is -2.30. The van der Waals surface area contributed by atoms with E-state index < -0.39 is 18.0 Å². The third-order valence-corrected chi connectivity index (χ3v) is 4.91. The van der Waals surface area contributed by atoms with Crippen LogP contribution in [0.3, 0.4) is 0 Å². The molecule has 3 rings (SSSR count). The van der Waals surface area contributed by atoms with Crippen molar-refractivity contribution in [2.75, 3.05) is 5.32 Å². The third-order valence-electron chi connectivity index (χ3n) is 3.70. The van der Waals surface area contributed by atoms with Gasteiger partial charge in [0, 0.05) is 11.3 Å². The minimum atomic E-state index is -0.938. The van der Waals surface area contributed by atoms with Crippen molar-refractivity contribution in [3.8, 4) is 11.1 Å². The molecule has 0 aliphatic rings. The maximum absolute atomic E-state index is 12.5. The maximum atomic E-state index is 12.5. The number of carbonyl (C=O) groups excluding carboxylic acids is 2. The third kappa shape index (κ3) is 4.31. The topological polar surface area (TPSA) is 55.4 Å². The van der Waals surface area contributed by atoms with E-state index in [2.05, 4.69) is 5.32 Å². The Morgan fingerprint density at radius 1 is 1.00 bits per heavy atom. The second-order valence-electron chi connectivity index (χ2n) is 5.55. The molecule has 26 heavy (non-hydrogen) atoms. The fourth-order valence-electron chi connectivity index (χ4n) is 2.39. The molecule has 0 aliphatic carbocycles. The van der Waals surface area contributed by atoms with E-state index in [-0.39, 0.29) is 0 Å². The Bertz CT molecular complexity index is 924. The number of hydrogen-bond donors (Lipinski definition) is 1. The van der Waals surface area contributed by atoms with Crippen molar-refractivity contribution in [1.82, 2.24) is 0 Å². The van der Waals surface area contributed by atoms with Crippen LogP contribution in [0.1, 0.15) is 16.6 Å². The molecule has 1 atom stereocenters. The monoisotopic (exact) mass is 385 g/mol. The summed E-state index contributed by atoms with van der Waals surface area (Å²) >= 11 is 6.93. The summed E-state index contributed by atoms with van der Waals surface area (Å²) in [7, 11) is 0. The van der Waals surface area contributed by atoms with Gasteiger partial charge in [-0.1, -0.05) is 60.1 Å². The van der Waals surface area contributed by atoms with Gasteiger partial charge >= 0.3 is 5.97 Å². The zero-order chi connectivity index (χ0) is 18.5. The highest BCUT2D eigenvalue weighted by molar-refractivity contribution is 7.17. The quantitative estimate of drug-likeness (QED) is 0.610. The smallest absolute Gasteiger partial charge is 0.349 e. The molecule has 3 aromatic rings. The fraction of sp³-hybridized carbons (Fsp3) is 0.100. The van der Waals surface area contributed by atoms with E-state index in [1.54, 1.807) is 12.1 Å². The van der Waals surface area contributed by atoms with E-state index in [4.69, 9.17) is 16.3 Å². The van der Waals surface area contributed by atoms with Gasteiger partial charge in [0.1, 0.15) is 4.88 Å². The SMILES string of the molecule is CC(OC(=O)c1ccc(Cl)s1)C(=O)Nc1ccccc1-c1ccccc1. The number of halogens is 1. The molecule has 0 fully saturated rings. The molecule has 0 spiro atoms. The highest BCUT2D eigenvalue weighted by atomic mass is 35.5. The van der Waals surface area contributed by atoms with Gasteiger partial charge in [-0.15, -0.1) is 11.3 Å². The maximum Gasteiger partial charge on any atom is 0.349 e. The van der Waals surface area contributed by atoms with Gasteiger partial charge in [-0.25, -0.2) is 4.79 Å². The Hall–Kier alpha value is -2.63. The van der Waals surface area contributed by atoms with Crippen molar-refractivity contribution >= 4 is 40.5 Å². The molecule has 0 bridgehead atoms. The van der Waals surface area contributed by atoms with Crippen LogP contribution in [-0.4, -0.2) is 18.0 Å².